The molecule has 3 rings (SSSR count). The van der Waals surface area contributed by atoms with E-state index in [1.54, 1.807) is 36.4 Å². The third-order valence-corrected chi connectivity index (χ3v) is 6.76. The lowest BCUT2D eigenvalue weighted by atomic mass is 10.1. The van der Waals surface area contributed by atoms with Gasteiger partial charge in [-0.2, -0.15) is 9.82 Å². The summed E-state index contributed by atoms with van der Waals surface area (Å²) in [7, 11) is -3.94. The summed E-state index contributed by atoms with van der Waals surface area (Å²) in [5, 5.41) is 3.94. The highest BCUT2D eigenvalue weighted by atomic mass is 127. The van der Waals surface area contributed by atoms with Gasteiger partial charge in [0.2, 0.25) is 10.0 Å². The van der Waals surface area contributed by atoms with Crippen LogP contribution in [0.1, 0.15) is 18.1 Å². The molecular formula is C24H22IN3O5S. The number of carbonyl (C=O) groups excluding carboxylic acids is 2. The first kappa shape index (κ1) is 25.5. The van der Waals surface area contributed by atoms with Crippen LogP contribution in [0.2, 0.25) is 0 Å². The molecule has 0 saturated heterocycles. The third kappa shape index (κ3) is 7.75. The van der Waals surface area contributed by atoms with Gasteiger partial charge >= 0.3 is 5.97 Å². The van der Waals surface area contributed by atoms with Gasteiger partial charge in [-0.15, -0.1) is 0 Å². The fraction of sp³-hybridized carbons (Fsp3) is 0.125. The topological polar surface area (TPSA) is 114 Å². The van der Waals surface area contributed by atoms with Crippen LogP contribution in [0.25, 0.3) is 0 Å². The molecule has 0 aliphatic carbocycles. The lowest BCUT2D eigenvalue weighted by Crippen LogP contribution is -2.46. The Morgan fingerprint density at radius 1 is 1.00 bits per heavy atom. The maximum atomic E-state index is 12.9. The third-order valence-electron chi connectivity index (χ3n) is 4.55. The van der Waals surface area contributed by atoms with E-state index in [2.05, 4.69) is 37.8 Å². The summed E-state index contributed by atoms with van der Waals surface area (Å²) < 4.78 is 34.1. The number of esters is 1. The van der Waals surface area contributed by atoms with Crippen LogP contribution in [0, 0.1) is 3.57 Å². The highest BCUT2D eigenvalue weighted by Crippen LogP contribution is 2.14. The van der Waals surface area contributed by atoms with Gasteiger partial charge in [0.1, 0.15) is 11.8 Å². The number of benzene rings is 3. The van der Waals surface area contributed by atoms with E-state index in [0.29, 0.717) is 11.3 Å². The molecular weight excluding hydrogens is 569 g/mol. The molecule has 2 N–H and O–H groups in total. The number of amides is 1. The van der Waals surface area contributed by atoms with Crippen molar-refractivity contribution in [2.24, 2.45) is 5.10 Å². The maximum Gasteiger partial charge on any atom is 0.308 e. The highest BCUT2D eigenvalue weighted by Gasteiger charge is 2.26. The standard InChI is InChI=1S/C24H22IN3O5S/c1-17(29)33-21-11-7-19(8-12-21)16-26-27-24(30)23(15-18-5-3-2-4-6-18)28-34(31,32)22-13-9-20(25)10-14-22/h2-14,16,23,28H,15H2,1H3,(H,27,30)/b26-16-/t23-/m0/s1. The van der Waals surface area contributed by atoms with Crippen molar-refractivity contribution in [1.82, 2.24) is 10.1 Å². The van der Waals surface area contributed by atoms with Gasteiger partial charge in [0.05, 0.1) is 11.1 Å². The minimum Gasteiger partial charge on any atom is -0.427 e. The summed E-state index contributed by atoms with van der Waals surface area (Å²) in [6.07, 6.45) is 1.55. The van der Waals surface area contributed by atoms with Gasteiger partial charge in [0.25, 0.3) is 5.91 Å². The summed E-state index contributed by atoms with van der Waals surface area (Å²) in [6, 6.07) is 20.8. The van der Waals surface area contributed by atoms with Crippen LogP contribution in [0.15, 0.2) is 88.9 Å². The Morgan fingerprint density at radius 3 is 2.26 bits per heavy atom. The zero-order valence-electron chi connectivity index (χ0n) is 18.1. The predicted octanol–water partition coefficient (Wildman–Crippen LogP) is 3.26. The van der Waals surface area contributed by atoms with Crippen molar-refractivity contribution >= 4 is 50.7 Å². The van der Waals surface area contributed by atoms with Gasteiger partial charge in [0, 0.05) is 10.5 Å². The summed E-state index contributed by atoms with van der Waals surface area (Å²) in [5.41, 5.74) is 3.84. The normalized spacial score (nSPS) is 12.3. The number of carbonyl (C=O) groups is 2. The Labute approximate surface area is 211 Å². The molecule has 3 aromatic rings. The average Bonchev–Trinajstić information content (AvgIpc) is 2.80. The smallest absolute Gasteiger partial charge is 0.308 e. The van der Waals surface area contributed by atoms with E-state index < -0.39 is 27.9 Å². The van der Waals surface area contributed by atoms with Gasteiger partial charge in [-0.05, 0) is 88.7 Å². The summed E-state index contributed by atoms with van der Waals surface area (Å²) >= 11 is 2.09. The first-order valence-electron chi connectivity index (χ1n) is 10.2. The molecule has 0 unspecified atom stereocenters. The monoisotopic (exact) mass is 591 g/mol. The number of rotatable bonds is 9. The van der Waals surface area contributed by atoms with E-state index in [0.717, 1.165) is 9.13 Å². The molecule has 0 saturated carbocycles. The van der Waals surface area contributed by atoms with Crippen LogP contribution in [0.3, 0.4) is 0 Å². The second-order valence-electron chi connectivity index (χ2n) is 7.21. The molecule has 34 heavy (non-hydrogen) atoms. The summed E-state index contributed by atoms with van der Waals surface area (Å²) in [4.78, 5) is 23.9. The minimum atomic E-state index is -3.94. The van der Waals surface area contributed by atoms with Gasteiger partial charge < -0.3 is 4.74 Å². The van der Waals surface area contributed by atoms with Crippen molar-refractivity contribution in [1.29, 1.82) is 0 Å². The first-order valence-corrected chi connectivity index (χ1v) is 12.7. The molecule has 8 nitrogen and oxygen atoms in total. The largest absolute Gasteiger partial charge is 0.427 e. The zero-order valence-corrected chi connectivity index (χ0v) is 21.1. The van der Waals surface area contributed by atoms with E-state index in [4.69, 9.17) is 4.74 Å². The Kier molecular flexibility index (Phi) is 8.91. The second-order valence-corrected chi connectivity index (χ2v) is 10.2. The summed E-state index contributed by atoms with van der Waals surface area (Å²) in [6.45, 7) is 1.31. The van der Waals surface area contributed by atoms with Crippen molar-refractivity contribution in [2.75, 3.05) is 0 Å². The summed E-state index contributed by atoms with van der Waals surface area (Å²) in [5.74, 6) is -0.641. The fourth-order valence-electron chi connectivity index (χ4n) is 2.94. The van der Waals surface area contributed by atoms with Crippen LogP contribution in [-0.2, 0) is 26.0 Å². The predicted molar refractivity (Wildman–Crippen MR) is 137 cm³/mol. The molecule has 3 aromatic carbocycles. The Hall–Kier alpha value is -3.09. The number of halogens is 1. The van der Waals surface area contributed by atoms with Gasteiger partial charge in [-0.25, -0.2) is 13.8 Å². The quantitative estimate of drug-likeness (QED) is 0.130. The van der Waals surface area contributed by atoms with Gasteiger partial charge in [-0.3, -0.25) is 9.59 Å². The Morgan fingerprint density at radius 2 is 1.65 bits per heavy atom. The molecule has 0 heterocycles. The molecule has 0 fully saturated rings. The lowest BCUT2D eigenvalue weighted by molar-refractivity contribution is -0.131. The van der Waals surface area contributed by atoms with Gasteiger partial charge in [-0.1, -0.05) is 30.3 Å². The number of nitrogens with one attached hydrogen (secondary N) is 2. The van der Waals surface area contributed by atoms with Crippen LogP contribution >= 0.6 is 22.6 Å². The van der Waals surface area contributed by atoms with E-state index in [9.17, 15) is 18.0 Å². The molecule has 176 valence electrons. The minimum absolute atomic E-state index is 0.0650. The molecule has 0 aromatic heterocycles. The van der Waals surface area contributed by atoms with E-state index in [1.807, 2.05) is 30.3 Å². The Balaban J connectivity index is 1.73. The molecule has 0 bridgehead atoms. The van der Waals surface area contributed by atoms with Crippen LogP contribution in [0.4, 0.5) is 0 Å². The second kappa shape index (κ2) is 11.9. The number of ether oxygens (including phenoxy) is 1. The van der Waals surface area contributed by atoms with Crippen LogP contribution in [-0.4, -0.2) is 32.6 Å². The molecule has 1 amide bonds. The van der Waals surface area contributed by atoms with Crippen LogP contribution < -0.4 is 14.9 Å². The Bertz CT molecular complexity index is 1260. The molecule has 0 spiro atoms. The lowest BCUT2D eigenvalue weighted by Gasteiger charge is -2.17. The van der Waals surface area contributed by atoms with Crippen molar-refractivity contribution in [3.05, 3.63) is 93.6 Å². The maximum absolute atomic E-state index is 12.9. The highest BCUT2D eigenvalue weighted by molar-refractivity contribution is 14.1. The SMILES string of the molecule is CC(=O)Oc1ccc(/C=N\NC(=O)[C@H](Cc2ccccc2)NS(=O)(=O)c2ccc(I)cc2)cc1. The number of hydrogen-bond donors (Lipinski definition) is 2. The molecule has 10 heteroatoms. The number of sulfonamides is 1. The first-order chi connectivity index (χ1) is 16.2. The van der Waals surface area contributed by atoms with E-state index >= 15 is 0 Å². The van der Waals surface area contributed by atoms with Crippen molar-refractivity contribution in [3.8, 4) is 5.75 Å². The number of hydrazone groups is 1. The van der Waals surface area contributed by atoms with Crippen LogP contribution in [0.5, 0.6) is 5.75 Å². The zero-order chi connectivity index (χ0) is 24.6. The van der Waals surface area contributed by atoms with E-state index in [-0.39, 0.29) is 11.3 Å². The van der Waals surface area contributed by atoms with E-state index in [1.165, 1.54) is 25.3 Å². The number of nitrogens with zero attached hydrogens (tertiary/aromatic N) is 1. The van der Waals surface area contributed by atoms with Crippen molar-refractivity contribution in [2.45, 2.75) is 24.3 Å². The fourth-order valence-corrected chi connectivity index (χ4v) is 4.50. The van der Waals surface area contributed by atoms with Gasteiger partial charge in [0.15, 0.2) is 0 Å². The average molecular weight is 591 g/mol. The number of hydrogen-bond acceptors (Lipinski definition) is 6. The molecule has 1 atom stereocenters. The molecule has 0 radical (unpaired) electrons. The van der Waals surface area contributed by atoms with Crippen molar-refractivity contribution in [3.63, 3.8) is 0 Å². The van der Waals surface area contributed by atoms with Crippen molar-refractivity contribution < 1.29 is 22.7 Å². The molecule has 0 aliphatic rings. The molecule has 0 aliphatic heterocycles.